The van der Waals surface area contributed by atoms with Crippen molar-refractivity contribution in [2.75, 3.05) is 0 Å². The fourth-order valence-electron chi connectivity index (χ4n) is 2.63. The molecule has 1 nitrogen and oxygen atoms in total. The Morgan fingerprint density at radius 1 is 1.13 bits per heavy atom. The van der Waals surface area contributed by atoms with Gasteiger partial charge in [-0.1, -0.05) is 48.0 Å². The summed E-state index contributed by atoms with van der Waals surface area (Å²) in [5.74, 6) is 1.80. The summed E-state index contributed by atoms with van der Waals surface area (Å²) in [4.78, 5) is 4.86. The molecule has 1 aliphatic rings. The van der Waals surface area contributed by atoms with Crippen molar-refractivity contribution in [1.82, 2.24) is 0 Å². The van der Waals surface area contributed by atoms with Crippen molar-refractivity contribution in [3.05, 3.63) is 11.3 Å². The molecule has 1 heterocycles. The Kier molecular flexibility index (Phi) is 4.12. The van der Waals surface area contributed by atoms with Crippen LogP contribution in [0.1, 0.15) is 54.4 Å². The van der Waals surface area contributed by atoms with Gasteiger partial charge in [0, 0.05) is 17.3 Å². The third-order valence-electron chi connectivity index (χ3n) is 3.21. The van der Waals surface area contributed by atoms with Crippen LogP contribution in [0.4, 0.5) is 0 Å². The predicted molar refractivity (Wildman–Crippen MR) is 68.2 cm³/mol. The van der Waals surface area contributed by atoms with Gasteiger partial charge in [0.1, 0.15) is 0 Å². The molecule has 1 aliphatic heterocycles. The van der Waals surface area contributed by atoms with Gasteiger partial charge in [-0.2, -0.15) is 0 Å². The van der Waals surface area contributed by atoms with E-state index in [4.69, 9.17) is 4.99 Å². The van der Waals surface area contributed by atoms with Crippen molar-refractivity contribution >= 4 is 5.71 Å². The first kappa shape index (κ1) is 12.5. The van der Waals surface area contributed by atoms with E-state index in [9.17, 15) is 0 Å². The lowest BCUT2D eigenvalue weighted by molar-refractivity contribution is 0.661. The second-order valence-electron chi connectivity index (χ2n) is 5.22. The highest BCUT2D eigenvalue weighted by molar-refractivity contribution is 5.93. The molecule has 0 saturated heterocycles. The fourth-order valence-corrected chi connectivity index (χ4v) is 2.63. The predicted octanol–water partition coefficient (Wildman–Crippen LogP) is 4.44. The lowest BCUT2D eigenvalue weighted by Gasteiger charge is -2.18. The van der Waals surface area contributed by atoms with E-state index in [2.05, 4.69) is 41.5 Å². The third kappa shape index (κ3) is 2.50. The minimum absolute atomic E-state index is 0.576. The van der Waals surface area contributed by atoms with Crippen molar-refractivity contribution < 1.29 is 0 Å². The zero-order valence-corrected chi connectivity index (χ0v) is 11.1. The first-order chi connectivity index (χ1) is 6.99. The quantitative estimate of drug-likeness (QED) is 0.646. The molecule has 86 valence electrons. The van der Waals surface area contributed by atoms with Crippen molar-refractivity contribution in [2.45, 2.75) is 54.4 Å². The Bertz CT molecular complexity index is 282. The first-order valence-corrected chi connectivity index (χ1v) is 6.30. The summed E-state index contributed by atoms with van der Waals surface area (Å²) in [7, 11) is 0. The van der Waals surface area contributed by atoms with Crippen LogP contribution in [0, 0.1) is 17.8 Å². The van der Waals surface area contributed by atoms with Gasteiger partial charge in [-0.25, -0.2) is 0 Å². The summed E-state index contributed by atoms with van der Waals surface area (Å²) in [5, 5.41) is 0. The minimum Gasteiger partial charge on any atom is -0.261 e. The molecule has 0 bridgehead atoms. The molecule has 0 saturated carbocycles. The van der Waals surface area contributed by atoms with Crippen molar-refractivity contribution in [3.8, 4) is 0 Å². The van der Waals surface area contributed by atoms with Gasteiger partial charge in [-0.15, -0.1) is 0 Å². The Balaban J connectivity index is 2.98. The largest absolute Gasteiger partial charge is 0.261 e. The van der Waals surface area contributed by atoms with Crippen LogP contribution in [0.5, 0.6) is 0 Å². The van der Waals surface area contributed by atoms with Gasteiger partial charge in [0.2, 0.25) is 0 Å². The topological polar surface area (TPSA) is 12.4 Å². The minimum atomic E-state index is 0.576. The highest BCUT2D eigenvalue weighted by Gasteiger charge is 2.28. The molecular weight excluding hydrogens is 182 g/mol. The molecule has 0 fully saturated rings. The summed E-state index contributed by atoms with van der Waals surface area (Å²) in [6.07, 6.45) is 2.35. The van der Waals surface area contributed by atoms with Gasteiger partial charge in [0.25, 0.3) is 0 Å². The number of nitrogens with zero attached hydrogens (tertiary/aromatic N) is 1. The van der Waals surface area contributed by atoms with Crippen LogP contribution in [-0.2, 0) is 0 Å². The Hall–Kier alpha value is -0.590. The maximum Gasteiger partial charge on any atom is 0.0404 e. The SMILES string of the molecule is CCCC1=C(C(C)C)C(C)C(C(C)C)=N1. The molecule has 15 heavy (non-hydrogen) atoms. The highest BCUT2D eigenvalue weighted by Crippen LogP contribution is 2.35. The van der Waals surface area contributed by atoms with Gasteiger partial charge in [-0.05, 0) is 23.8 Å². The normalized spacial score (nSPS) is 21.9. The monoisotopic (exact) mass is 207 g/mol. The van der Waals surface area contributed by atoms with Crippen LogP contribution in [0.3, 0.4) is 0 Å². The number of hydrogen-bond acceptors (Lipinski definition) is 1. The molecule has 0 aromatic heterocycles. The molecule has 1 rings (SSSR count). The van der Waals surface area contributed by atoms with Crippen LogP contribution >= 0.6 is 0 Å². The Morgan fingerprint density at radius 2 is 1.73 bits per heavy atom. The fraction of sp³-hybridized carbons (Fsp3) is 0.786. The summed E-state index contributed by atoms with van der Waals surface area (Å²) < 4.78 is 0. The number of allylic oxidation sites excluding steroid dienone is 2. The second-order valence-corrected chi connectivity index (χ2v) is 5.22. The van der Waals surface area contributed by atoms with Crippen LogP contribution < -0.4 is 0 Å². The molecule has 1 atom stereocenters. The zero-order valence-electron chi connectivity index (χ0n) is 11.1. The van der Waals surface area contributed by atoms with Gasteiger partial charge in [0.05, 0.1) is 0 Å². The molecule has 0 spiro atoms. The van der Waals surface area contributed by atoms with E-state index in [1.165, 1.54) is 17.8 Å². The average Bonchev–Trinajstić information content (AvgIpc) is 2.43. The van der Waals surface area contributed by atoms with Gasteiger partial charge in [-0.3, -0.25) is 4.99 Å². The Morgan fingerprint density at radius 3 is 2.13 bits per heavy atom. The summed E-state index contributed by atoms with van der Waals surface area (Å²) in [6, 6.07) is 0. The lowest BCUT2D eigenvalue weighted by Crippen LogP contribution is -2.17. The summed E-state index contributed by atoms with van der Waals surface area (Å²) in [5.41, 5.74) is 4.35. The molecule has 0 aliphatic carbocycles. The van der Waals surface area contributed by atoms with Crippen LogP contribution in [-0.4, -0.2) is 5.71 Å². The molecule has 1 heteroatoms. The van der Waals surface area contributed by atoms with Crippen LogP contribution in [0.15, 0.2) is 16.3 Å². The highest BCUT2D eigenvalue weighted by atomic mass is 14.8. The smallest absolute Gasteiger partial charge is 0.0404 e. The van der Waals surface area contributed by atoms with E-state index in [1.807, 2.05) is 0 Å². The zero-order chi connectivity index (χ0) is 11.6. The van der Waals surface area contributed by atoms with E-state index in [0.29, 0.717) is 17.8 Å². The second kappa shape index (κ2) is 4.96. The number of hydrogen-bond donors (Lipinski definition) is 0. The summed E-state index contributed by atoms with van der Waals surface area (Å²) >= 11 is 0. The number of aliphatic imine (C=N–C) groups is 1. The van der Waals surface area contributed by atoms with Gasteiger partial charge in [0.15, 0.2) is 0 Å². The van der Waals surface area contributed by atoms with E-state index < -0.39 is 0 Å². The van der Waals surface area contributed by atoms with E-state index in [-0.39, 0.29) is 0 Å². The first-order valence-electron chi connectivity index (χ1n) is 6.30. The van der Waals surface area contributed by atoms with Crippen LogP contribution in [0.2, 0.25) is 0 Å². The van der Waals surface area contributed by atoms with Gasteiger partial charge >= 0.3 is 0 Å². The van der Waals surface area contributed by atoms with Crippen molar-refractivity contribution in [3.63, 3.8) is 0 Å². The maximum absolute atomic E-state index is 4.86. The van der Waals surface area contributed by atoms with E-state index in [1.54, 1.807) is 5.57 Å². The average molecular weight is 207 g/mol. The molecule has 0 amide bonds. The number of rotatable bonds is 4. The van der Waals surface area contributed by atoms with E-state index in [0.717, 1.165) is 6.42 Å². The van der Waals surface area contributed by atoms with E-state index >= 15 is 0 Å². The van der Waals surface area contributed by atoms with Gasteiger partial charge < -0.3 is 0 Å². The Labute approximate surface area is 94.7 Å². The van der Waals surface area contributed by atoms with Crippen molar-refractivity contribution in [2.24, 2.45) is 22.7 Å². The molecule has 0 aromatic rings. The molecule has 0 N–H and O–H groups in total. The molecule has 1 unspecified atom stereocenters. The lowest BCUT2D eigenvalue weighted by atomic mass is 9.85. The summed E-state index contributed by atoms with van der Waals surface area (Å²) in [6.45, 7) is 13.6. The third-order valence-corrected chi connectivity index (χ3v) is 3.21. The molecule has 0 radical (unpaired) electrons. The molecule has 0 aromatic carbocycles. The van der Waals surface area contributed by atoms with Crippen molar-refractivity contribution in [1.29, 1.82) is 0 Å². The maximum atomic E-state index is 4.86. The van der Waals surface area contributed by atoms with Crippen LogP contribution in [0.25, 0.3) is 0 Å². The standard InChI is InChI=1S/C14H25N/c1-7-8-12-13(9(2)3)11(6)14(15-12)10(4)5/h9-11H,7-8H2,1-6H3. The molecular formula is C14H25N.